The van der Waals surface area contributed by atoms with Gasteiger partial charge in [0.25, 0.3) is 0 Å². The van der Waals surface area contributed by atoms with Crippen molar-refractivity contribution in [3.8, 4) is 0 Å². The van der Waals surface area contributed by atoms with Crippen LogP contribution in [0.4, 0.5) is 0 Å². The Labute approximate surface area is 77.7 Å². The largest absolute Gasteiger partial charge is 0.466 e. The standard InChI is InChI=1S/C8H15ClO3/c1-2-12-8(11)6-7(10)4-3-5-9/h7,10H,2-6H2,1H3/t7-/m1/s1. The first-order valence-electron chi connectivity index (χ1n) is 4.10. The fraction of sp³-hybridized carbons (Fsp3) is 0.875. The van der Waals surface area contributed by atoms with Crippen molar-refractivity contribution in [1.82, 2.24) is 0 Å². The van der Waals surface area contributed by atoms with Gasteiger partial charge >= 0.3 is 5.97 Å². The molecule has 1 atom stereocenters. The smallest absolute Gasteiger partial charge is 0.308 e. The second-order valence-corrected chi connectivity index (χ2v) is 2.87. The number of ether oxygens (including phenoxy) is 1. The number of rotatable bonds is 6. The van der Waals surface area contributed by atoms with Crippen LogP contribution >= 0.6 is 11.6 Å². The molecule has 72 valence electrons. The molecule has 0 spiro atoms. The van der Waals surface area contributed by atoms with Crippen LogP contribution in [0.25, 0.3) is 0 Å². The molecule has 0 aromatic carbocycles. The normalized spacial score (nSPS) is 12.6. The molecule has 0 amide bonds. The van der Waals surface area contributed by atoms with Gasteiger partial charge in [-0.05, 0) is 19.8 Å². The monoisotopic (exact) mass is 194 g/mol. The topological polar surface area (TPSA) is 46.5 Å². The van der Waals surface area contributed by atoms with E-state index < -0.39 is 6.10 Å². The minimum absolute atomic E-state index is 0.0741. The summed E-state index contributed by atoms with van der Waals surface area (Å²) in [6.07, 6.45) is 0.748. The number of carbonyl (C=O) groups is 1. The Hall–Kier alpha value is -0.280. The Morgan fingerprint density at radius 2 is 2.33 bits per heavy atom. The summed E-state index contributed by atoms with van der Waals surface area (Å²) < 4.78 is 4.66. The van der Waals surface area contributed by atoms with E-state index in [2.05, 4.69) is 4.74 Å². The number of halogens is 1. The van der Waals surface area contributed by atoms with Crippen LogP contribution in [0.2, 0.25) is 0 Å². The Bertz CT molecular complexity index is 127. The zero-order valence-electron chi connectivity index (χ0n) is 7.25. The first-order chi connectivity index (χ1) is 5.70. The number of hydrogen-bond acceptors (Lipinski definition) is 3. The Morgan fingerprint density at radius 3 is 2.83 bits per heavy atom. The molecule has 0 aliphatic carbocycles. The van der Waals surface area contributed by atoms with Gasteiger partial charge < -0.3 is 9.84 Å². The number of carbonyl (C=O) groups excluding carboxylic acids is 1. The van der Waals surface area contributed by atoms with Crippen molar-refractivity contribution < 1.29 is 14.6 Å². The lowest BCUT2D eigenvalue weighted by molar-refractivity contribution is -0.145. The molecule has 0 bridgehead atoms. The first-order valence-corrected chi connectivity index (χ1v) is 4.63. The van der Waals surface area contributed by atoms with Crippen molar-refractivity contribution >= 4 is 17.6 Å². The number of hydrogen-bond donors (Lipinski definition) is 1. The van der Waals surface area contributed by atoms with Crippen molar-refractivity contribution in [2.75, 3.05) is 12.5 Å². The summed E-state index contributed by atoms with van der Waals surface area (Å²) in [5, 5.41) is 9.22. The van der Waals surface area contributed by atoms with Crippen LogP contribution in [0.5, 0.6) is 0 Å². The number of alkyl halides is 1. The minimum atomic E-state index is -0.609. The SMILES string of the molecule is CCOC(=O)C[C@H](O)CCCCl. The summed E-state index contributed by atoms with van der Waals surface area (Å²) in [4.78, 5) is 10.8. The van der Waals surface area contributed by atoms with Gasteiger partial charge in [-0.3, -0.25) is 4.79 Å². The Kier molecular flexibility index (Phi) is 7.20. The van der Waals surface area contributed by atoms with Crippen LogP contribution in [-0.2, 0) is 9.53 Å². The van der Waals surface area contributed by atoms with Crippen LogP contribution < -0.4 is 0 Å². The van der Waals surface area contributed by atoms with E-state index in [0.29, 0.717) is 18.9 Å². The van der Waals surface area contributed by atoms with Gasteiger partial charge in [0.1, 0.15) is 0 Å². The summed E-state index contributed by atoms with van der Waals surface area (Å²) in [7, 11) is 0. The number of esters is 1. The molecule has 0 saturated carbocycles. The summed E-state index contributed by atoms with van der Waals surface area (Å²) >= 11 is 5.42. The zero-order valence-corrected chi connectivity index (χ0v) is 8.01. The van der Waals surface area contributed by atoms with Gasteiger partial charge in [0.15, 0.2) is 0 Å². The quantitative estimate of drug-likeness (QED) is 0.513. The molecule has 0 aliphatic rings. The third-order valence-electron chi connectivity index (χ3n) is 1.38. The molecule has 0 radical (unpaired) electrons. The van der Waals surface area contributed by atoms with E-state index in [9.17, 15) is 9.90 Å². The summed E-state index contributed by atoms with van der Waals surface area (Å²) in [6.45, 7) is 2.10. The van der Waals surface area contributed by atoms with Crippen LogP contribution in [-0.4, -0.2) is 29.7 Å². The fourth-order valence-corrected chi connectivity index (χ4v) is 0.981. The second kappa shape index (κ2) is 7.37. The Morgan fingerprint density at radius 1 is 1.67 bits per heavy atom. The fourth-order valence-electron chi connectivity index (χ4n) is 0.827. The molecule has 12 heavy (non-hydrogen) atoms. The van der Waals surface area contributed by atoms with E-state index in [4.69, 9.17) is 11.6 Å². The molecule has 0 unspecified atom stereocenters. The molecule has 3 nitrogen and oxygen atoms in total. The lowest BCUT2D eigenvalue weighted by Gasteiger charge is -2.07. The average molecular weight is 195 g/mol. The molecular formula is C8H15ClO3. The highest BCUT2D eigenvalue weighted by atomic mass is 35.5. The minimum Gasteiger partial charge on any atom is -0.466 e. The van der Waals surface area contributed by atoms with E-state index in [1.54, 1.807) is 6.92 Å². The van der Waals surface area contributed by atoms with Gasteiger partial charge in [-0.25, -0.2) is 0 Å². The van der Waals surface area contributed by atoms with E-state index in [1.165, 1.54) is 0 Å². The average Bonchev–Trinajstić information content (AvgIpc) is 2.01. The highest BCUT2D eigenvalue weighted by Gasteiger charge is 2.10. The van der Waals surface area contributed by atoms with Crippen LogP contribution in [0.3, 0.4) is 0 Å². The lowest BCUT2D eigenvalue weighted by Crippen LogP contribution is -2.15. The molecule has 0 fully saturated rings. The van der Waals surface area contributed by atoms with Crippen LogP contribution in [0.1, 0.15) is 26.2 Å². The third kappa shape index (κ3) is 6.43. The van der Waals surface area contributed by atoms with Crippen molar-refractivity contribution in [3.63, 3.8) is 0 Å². The van der Waals surface area contributed by atoms with E-state index in [0.717, 1.165) is 6.42 Å². The third-order valence-corrected chi connectivity index (χ3v) is 1.65. The Balaban J connectivity index is 3.40. The van der Waals surface area contributed by atoms with Gasteiger partial charge in [0.05, 0.1) is 19.1 Å². The van der Waals surface area contributed by atoms with E-state index in [-0.39, 0.29) is 12.4 Å². The van der Waals surface area contributed by atoms with Crippen molar-refractivity contribution in [3.05, 3.63) is 0 Å². The molecule has 0 aliphatic heterocycles. The molecule has 0 heterocycles. The van der Waals surface area contributed by atoms with E-state index in [1.807, 2.05) is 0 Å². The lowest BCUT2D eigenvalue weighted by atomic mass is 10.1. The maximum absolute atomic E-state index is 10.8. The zero-order chi connectivity index (χ0) is 9.40. The van der Waals surface area contributed by atoms with Crippen molar-refractivity contribution in [2.45, 2.75) is 32.3 Å². The van der Waals surface area contributed by atoms with Crippen molar-refractivity contribution in [1.29, 1.82) is 0 Å². The molecule has 4 heteroatoms. The number of aliphatic hydroxyl groups excluding tert-OH is 1. The first kappa shape index (κ1) is 11.7. The molecule has 0 aromatic rings. The van der Waals surface area contributed by atoms with Gasteiger partial charge in [0.2, 0.25) is 0 Å². The summed E-state index contributed by atoms with van der Waals surface area (Å²) in [5.41, 5.74) is 0. The van der Waals surface area contributed by atoms with Gasteiger partial charge in [-0.1, -0.05) is 0 Å². The number of aliphatic hydroxyl groups is 1. The highest BCUT2D eigenvalue weighted by Crippen LogP contribution is 2.03. The van der Waals surface area contributed by atoms with Crippen LogP contribution in [0.15, 0.2) is 0 Å². The predicted molar refractivity (Wildman–Crippen MR) is 47.2 cm³/mol. The molecule has 1 N–H and O–H groups in total. The molecular weight excluding hydrogens is 180 g/mol. The van der Waals surface area contributed by atoms with Gasteiger partial charge in [-0.2, -0.15) is 0 Å². The summed E-state index contributed by atoms with van der Waals surface area (Å²) in [5.74, 6) is 0.166. The maximum atomic E-state index is 10.8. The van der Waals surface area contributed by atoms with E-state index >= 15 is 0 Å². The maximum Gasteiger partial charge on any atom is 0.308 e. The second-order valence-electron chi connectivity index (χ2n) is 2.49. The van der Waals surface area contributed by atoms with Crippen LogP contribution in [0, 0.1) is 0 Å². The van der Waals surface area contributed by atoms with Gasteiger partial charge in [0, 0.05) is 5.88 Å². The molecule has 0 saturated heterocycles. The summed E-state index contributed by atoms with van der Waals surface area (Å²) in [6, 6.07) is 0. The van der Waals surface area contributed by atoms with Crippen molar-refractivity contribution in [2.24, 2.45) is 0 Å². The molecule has 0 aromatic heterocycles. The van der Waals surface area contributed by atoms with Gasteiger partial charge in [-0.15, -0.1) is 11.6 Å². The molecule has 0 rings (SSSR count). The highest BCUT2D eigenvalue weighted by molar-refractivity contribution is 6.17. The predicted octanol–water partition coefficient (Wildman–Crippen LogP) is 1.32.